The zero-order valence-electron chi connectivity index (χ0n) is 8.36. The standard InChI is InChI=1S/C12H13NO2/c1-2-8-13-9-7-10-5-3-4-6-11(10)12(14)15/h1,3-6,13H,7-9H2,(H,14,15). The van der Waals surface area contributed by atoms with Crippen LogP contribution >= 0.6 is 0 Å². The largest absolute Gasteiger partial charge is 0.478 e. The third-order valence-electron chi connectivity index (χ3n) is 2.05. The Labute approximate surface area is 89.1 Å². The number of benzene rings is 1. The summed E-state index contributed by atoms with van der Waals surface area (Å²) in [4.78, 5) is 10.9. The van der Waals surface area contributed by atoms with Crippen molar-refractivity contribution in [3.05, 3.63) is 35.4 Å². The first kappa shape index (κ1) is 11.3. The summed E-state index contributed by atoms with van der Waals surface area (Å²) in [6.07, 6.45) is 5.75. The van der Waals surface area contributed by atoms with Crippen molar-refractivity contribution in [2.24, 2.45) is 0 Å². The van der Waals surface area contributed by atoms with Gasteiger partial charge in [0.25, 0.3) is 0 Å². The lowest BCUT2D eigenvalue weighted by Crippen LogP contribution is -2.18. The van der Waals surface area contributed by atoms with E-state index in [4.69, 9.17) is 11.5 Å². The quantitative estimate of drug-likeness (QED) is 0.557. The second-order valence-electron chi connectivity index (χ2n) is 3.09. The van der Waals surface area contributed by atoms with Crippen LogP contribution in [0.4, 0.5) is 0 Å². The Balaban J connectivity index is 2.60. The summed E-state index contributed by atoms with van der Waals surface area (Å²) < 4.78 is 0. The van der Waals surface area contributed by atoms with Crippen LogP contribution in [0.25, 0.3) is 0 Å². The van der Waals surface area contributed by atoms with Gasteiger partial charge < -0.3 is 10.4 Å². The van der Waals surface area contributed by atoms with Gasteiger partial charge in [-0.25, -0.2) is 4.79 Å². The molecule has 0 aromatic heterocycles. The molecule has 0 saturated carbocycles. The van der Waals surface area contributed by atoms with E-state index in [0.717, 1.165) is 5.56 Å². The number of carboxylic acids is 1. The van der Waals surface area contributed by atoms with Crippen LogP contribution in [-0.2, 0) is 6.42 Å². The Morgan fingerprint density at radius 3 is 2.87 bits per heavy atom. The highest BCUT2D eigenvalue weighted by Crippen LogP contribution is 2.08. The van der Waals surface area contributed by atoms with Crippen molar-refractivity contribution >= 4 is 5.97 Å². The average Bonchev–Trinajstić information content (AvgIpc) is 2.25. The van der Waals surface area contributed by atoms with Crippen LogP contribution in [0.2, 0.25) is 0 Å². The lowest BCUT2D eigenvalue weighted by molar-refractivity contribution is 0.0695. The summed E-state index contributed by atoms with van der Waals surface area (Å²) in [6.45, 7) is 1.20. The molecule has 15 heavy (non-hydrogen) atoms. The molecule has 3 nitrogen and oxygen atoms in total. The van der Waals surface area contributed by atoms with Crippen molar-refractivity contribution in [3.63, 3.8) is 0 Å². The molecule has 0 heterocycles. The predicted octanol–water partition coefficient (Wildman–Crippen LogP) is 1.15. The van der Waals surface area contributed by atoms with Crippen LogP contribution in [0.5, 0.6) is 0 Å². The van der Waals surface area contributed by atoms with Gasteiger partial charge in [0.05, 0.1) is 12.1 Å². The Hall–Kier alpha value is -1.79. The topological polar surface area (TPSA) is 49.3 Å². The van der Waals surface area contributed by atoms with Gasteiger partial charge in [0.2, 0.25) is 0 Å². The first-order valence-corrected chi connectivity index (χ1v) is 4.71. The van der Waals surface area contributed by atoms with Crippen LogP contribution in [-0.4, -0.2) is 24.2 Å². The van der Waals surface area contributed by atoms with Crippen molar-refractivity contribution in [1.29, 1.82) is 0 Å². The summed E-state index contributed by atoms with van der Waals surface area (Å²) >= 11 is 0. The minimum atomic E-state index is -0.887. The molecule has 0 saturated heterocycles. The van der Waals surface area contributed by atoms with Gasteiger partial charge in [0.1, 0.15) is 0 Å². The molecule has 0 aliphatic rings. The van der Waals surface area contributed by atoms with Crippen LogP contribution in [0.15, 0.2) is 24.3 Å². The number of nitrogens with one attached hydrogen (secondary N) is 1. The monoisotopic (exact) mass is 203 g/mol. The summed E-state index contributed by atoms with van der Waals surface area (Å²) in [7, 11) is 0. The SMILES string of the molecule is C#CCNCCc1ccccc1C(=O)O. The fourth-order valence-electron chi connectivity index (χ4n) is 1.33. The van der Waals surface area contributed by atoms with Crippen LogP contribution in [0, 0.1) is 12.3 Å². The van der Waals surface area contributed by atoms with Gasteiger partial charge in [-0.1, -0.05) is 24.1 Å². The molecule has 0 fully saturated rings. The van der Waals surface area contributed by atoms with Crippen molar-refractivity contribution in [2.75, 3.05) is 13.1 Å². The first-order valence-electron chi connectivity index (χ1n) is 4.71. The second kappa shape index (κ2) is 5.84. The van der Waals surface area contributed by atoms with Crippen molar-refractivity contribution < 1.29 is 9.90 Å². The van der Waals surface area contributed by atoms with Gasteiger partial charge in [0, 0.05) is 6.54 Å². The molecule has 0 atom stereocenters. The molecule has 0 aliphatic carbocycles. The van der Waals surface area contributed by atoms with E-state index in [9.17, 15) is 4.79 Å². The van der Waals surface area contributed by atoms with Crippen molar-refractivity contribution in [1.82, 2.24) is 5.32 Å². The molecule has 0 spiro atoms. The predicted molar refractivity (Wildman–Crippen MR) is 58.8 cm³/mol. The molecule has 2 N–H and O–H groups in total. The van der Waals surface area contributed by atoms with Crippen LogP contribution in [0.1, 0.15) is 15.9 Å². The fraction of sp³-hybridized carbons (Fsp3) is 0.250. The maximum absolute atomic E-state index is 10.9. The highest BCUT2D eigenvalue weighted by molar-refractivity contribution is 5.89. The van der Waals surface area contributed by atoms with Crippen molar-refractivity contribution in [2.45, 2.75) is 6.42 Å². The molecule has 3 heteroatoms. The Bertz CT molecular complexity index is 379. The number of hydrogen-bond donors (Lipinski definition) is 2. The van der Waals surface area contributed by atoms with Crippen LogP contribution < -0.4 is 5.32 Å². The second-order valence-corrected chi connectivity index (χ2v) is 3.09. The molecule has 0 bridgehead atoms. The Kier molecular flexibility index (Phi) is 4.39. The zero-order chi connectivity index (χ0) is 11.1. The molecule has 0 amide bonds. The van der Waals surface area contributed by atoms with Gasteiger partial charge >= 0.3 is 5.97 Å². The van der Waals surface area contributed by atoms with E-state index in [-0.39, 0.29) is 0 Å². The van der Waals surface area contributed by atoms with E-state index in [2.05, 4.69) is 11.2 Å². The third-order valence-corrected chi connectivity index (χ3v) is 2.05. The van der Waals surface area contributed by atoms with Gasteiger partial charge in [0.15, 0.2) is 0 Å². The average molecular weight is 203 g/mol. The summed E-state index contributed by atoms with van der Waals surface area (Å²) in [5.74, 6) is 1.58. The summed E-state index contributed by atoms with van der Waals surface area (Å²) in [5.41, 5.74) is 1.19. The molecular formula is C12H13NO2. The molecule has 0 unspecified atom stereocenters. The van der Waals surface area contributed by atoms with E-state index < -0.39 is 5.97 Å². The highest BCUT2D eigenvalue weighted by Gasteiger charge is 2.07. The minimum absolute atomic E-state index is 0.361. The number of aromatic carboxylic acids is 1. The fourth-order valence-corrected chi connectivity index (χ4v) is 1.33. The van der Waals surface area contributed by atoms with Crippen molar-refractivity contribution in [3.8, 4) is 12.3 Å². The van der Waals surface area contributed by atoms with E-state index >= 15 is 0 Å². The number of carbonyl (C=O) groups is 1. The molecule has 0 radical (unpaired) electrons. The van der Waals surface area contributed by atoms with Gasteiger partial charge in [-0.05, 0) is 18.1 Å². The maximum Gasteiger partial charge on any atom is 0.335 e. The van der Waals surface area contributed by atoms with E-state index in [1.807, 2.05) is 12.1 Å². The smallest absolute Gasteiger partial charge is 0.335 e. The zero-order valence-corrected chi connectivity index (χ0v) is 8.36. The number of carboxylic acid groups (broad SMARTS) is 1. The normalized spacial score (nSPS) is 9.53. The molecule has 0 aliphatic heterocycles. The molecule has 1 rings (SSSR count). The van der Waals surface area contributed by atoms with Gasteiger partial charge in [-0.15, -0.1) is 6.42 Å². The van der Waals surface area contributed by atoms with E-state index in [1.165, 1.54) is 0 Å². The van der Waals surface area contributed by atoms with E-state index in [1.54, 1.807) is 12.1 Å². The molecule has 1 aromatic carbocycles. The first-order chi connectivity index (χ1) is 7.25. The number of terminal acetylenes is 1. The lowest BCUT2D eigenvalue weighted by atomic mass is 10.0. The number of rotatable bonds is 5. The number of hydrogen-bond acceptors (Lipinski definition) is 2. The van der Waals surface area contributed by atoms with Crippen LogP contribution in [0.3, 0.4) is 0 Å². The minimum Gasteiger partial charge on any atom is -0.478 e. The molecule has 78 valence electrons. The van der Waals surface area contributed by atoms with Gasteiger partial charge in [-0.2, -0.15) is 0 Å². The molecule has 1 aromatic rings. The summed E-state index contributed by atoms with van der Waals surface area (Å²) in [6, 6.07) is 6.99. The molecular weight excluding hydrogens is 190 g/mol. The Morgan fingerprint density at radius 2 is 2.20 bits per heavy atom. The lowest BCUT2D eigenvalue weighted by Gasteiger charge is -2.05. The van der Waals surface area contributed by atoms with E-state index in [0.29, 0.717) is 25.1 Å². The highest BCUT2D eigenvalue weighted by atomic mass is 16.4. The maximum atomic E-state index is 10.9. The Morgan fingerprint density at radius 1 is 1.47 bits per heavy atom. The van der Waals surface area contributed by atoms with Gasteiger partial charge in [-0.3, -0.25) is 0 Å². The third kappa shape index (κ3) is 3.45. The summed E-state index contributed by atoms with van der Waals surface area (Å²) in [5, 5.41) is 11.9.